The summed E-state index contributed by atoms with van der Waals surface area (Å²) in [4.78, 5) is 30.6. The van der Waals surface area contributed by atoms with E-state index in [1.807, 2.05) is 30.5 Å². The second kappa shape index (κ2) is 12.7. The van der Waals surface area contributed by atoms with E-state index in [9.17, 15) is 9.59 Å². The lowest BCUT2D eigenvalue weighted by Crippen LogP contribution is -2.27. The first-order valence-electron chi connectivity index (χ1n) is 12.3. The summed E-state index contributed by atoms with van der Waals surface area (Å²) in [5.41, 5.74) is 4.97. The van der Waals surface area contributed by atoms with Crippen molar-refractivity contribution in [3.05, 3.63) is 78.2 Å². The van der Waals surface area contributed by atoms with Gasteiger partial charge in [-0.2, -0.15) is 0 Å². The summed E-state index contributed by atoms with van der Waals surface area (Å²) in [5.74, 6) is 0.770. The Bertz CT molecular complexity index is 1340. The molecule has 0 atom stereocenters. The molecule has 0 aliphatic heterocycles. The zero-order valence-corrected chi connectivity index (χ0v) is 22.3. The number of alkyl halides is 2. The first-order chi connectivity index (χ1) is 18.0. The number of carbonyl (C=O) groups excluding carboxylic acids is 2. The average Bonchev–Trinajstić information content (AvgIpc) is 3.50. The lowest BCUT2D eigenvalue weighted by molar-refractivity contribution is -0.116. The molecule has 0 spiro atoms. The fourth-order valence-electron chi connectivity index (χ4n) is 4.30. The second-order valence-corrected chi connectivity index (χ2v) is 9.65. The van der Waals surface area contributed by atoms with Crippen molar-refractivity contribution >= 4 is 63.0 Å². The highest BCUT2D eigenvalue weighted by Crippen LogP contribution is 2.20. The fourth-order valence-corrected chi connectivity index (χ4v) is 4.71. The number of hydrogen-bond acceptors (Lipinski definition) is 3. The van der Waals surface area contributed by atoms with Crippen molar-refractivity contribution in [1.29, 1.82) is 0 Å². The van der Waals surface area contributed by atoms with E-state index in [1.54, 1.807) is 23.9 Å². The van der Waals surface area contributed by atoms with Gasteiger partial charge in [-0.25, -0.2) is 0 Å². The molecule has 0 saturated carbocycles. The summed E-state index contributed by atoms with van der Waals surface area (Å²) in [6.45, 7) is 1.50. The Kier molecular flexibility index (Phi) is 9.14. The summed E-state index contributed by atoms with van der Waals surface area (Å²) < 4.78 is 1.71. The maximum Gasteiger partial charge on any atom is 0.272 e. The first kappa shape index (κ1) is 26.6. The number of nitrogens with zero attached hydrogens (tertiary/aromatic N) is 2. The number of nitrogens with one attached hydrogen (secondary N) is 3. The van der Waals surface area contributed by atoms with Crippen molar-refractivity contribution in [2.45, 2.75) is 19.3 Å². The van der Waals surface area contributed by atoms with Crippen molar-refractivity contribution < 1.29 is 9.59 Å². The molecule has 2 aromatic carbocycles. The van der Waals surface area contributed by atoms with Gasteiger partial charge in [0.1, 0.15) is 5.69 Å². The lowest BCUT2D eigenvalue weighted by atomic mass is 10.1. The second-order valence-electron chi connectivity index (χ2n) is 8.89. The smallest absolute Gasteiger partial charge is 0.272 e. The van der Waals surface area contributed by atoms with Gasteiger partial charge in [-0.05, 0) is 60.2 Å². The third kappa shape index (κ3) is 7.08. The Hall–Kier alpha value is -3.42. The highest BCUT2D eigenvalue weighted by Gasteiger charge is 2.14. The maximum absolute atomic E-state index is 12.8. The van der Waals surface area contributed by atoms with Gasteiger partial charge in [-0.1, -0.05) is 18.2 Å². The maximum atomic E-state index is 12.8. The van der Waals surface area contributed by atoms with Crippen LogP contribution in [0.1, 0.15) is 28.9 Å². The number of hydrogen-bond donors (Lipinski definition) is 3. The van der Waals surface area contributed by atoms with Gasteiger partial charge in [0.15, 0.2) is 0 Å². The number of halogens is 2. The van der Waals surface area contributed by atoms with Crippen LogP contribution in [0.4, 0.5) is 17.1 Å². The van der Waals surface area contributed by atoms with Gasteiger partial charge in [-0.15, -0.1) is 23.2 Å². The Morgan fingerprint density at radius 1 is 0.946 bits per heavy atom. The first-order valence-corrected chi connectivity index (χ1v) is 13.3. The zero-order valence-electron chi connectivity index (χ0n) is 20.8. The third-order valence-electron chi connectivity index (χ3n) is 6.21. The van der Waals surface area contributed by atoms with Gasteiger partial charge in [-0.3, -0.25) is 9.59 Å². The Labute approximate surface area is 226 Å². The van der Waals surface area contributed by atoms with E-state index >= 15 is 0 Å². The summed E-state index contributed by atoms with van der Waals surface area (Å²) in [7, 11) is 1.78. The summed E-state index contributed by atoms with van der Waals surface area (Å²) >= 11 is 11.8. The standard InChI is InChI=1S/C28H31Cl2N5O2/c1-34-19-23(18-26(34)28(37)33-22-8-7-21-11-14-31-25(21)17-22)32-27(36)4-2-3-20-5-9-24(10-6-20)35(15-12-29)16-13-30/h5-11,14,17-19,31H,2-4,12-13,15-16H2,1H3,(H,32,36)(H,33,37). The molecule has 7 nitrogen and oxygen atoms in total. The molecule has 0 aliphatic rings. The topological polar surface area (TPSA) is 82.2 Å². The molecule has 2 amide bonds. The SMILES string of the molecule is Cn1cc(NC(=O)CCCc2ccc(N(CCCl)CCCl)cc2)cc1C(=O)Nc1ccc2cc[nH]c2c1. The van der Waals surface area contributed by atoms with Gasteiger partial charge in [0.05, 0.1) is 5.69 Å². The number of rotatable bonds is 12. The number of aromatic amines is 1. The Morgan fingerprint density at radius 2 is 1.70 bits per heavy atom. The van der Waals surface area contributed by atoms with Crippen LogP contribution < -0.4 is 15.5 Å². The normalized spacial score (nSPS) is 11.0. The summed E-state index contributed by atoms with van der Waals surface area (Å²) in [6.07, 6.45) is 5.51. The van der Waals surface area contributed by atoms with E-state index in [0.29, 0.717) is 35.2 Å². The van der Waals surface area contributed by atoms with Crippen LogP contribution >= 0.6 is 23.2 Å². The van der Waals surface area contributed by atoms with Crippen molar-refractivity contribution in [3.8, 4) is 0 Å². The van der Waals surface area contributed by atoms with E-state index in [2.05, 4.69) is 44.8 Å². The molecule has 3 N–H and O–H groups in total. The average molecular weight is 540 g/mol. The number of fused-ring (bicyclic) bond motifs is 1. The molecule has 2 heterocycles. The van der Waals surface area contributed by atoms with E-state index in [1.165, 1.54) is 5.56 Å². The van der Waals surface area contributed by atoms with E-state index in [4.69, 9.17) is 23.2 Å². The molecule has 0 fully saturated rings. The van der Waals surface area contributed by atoms with Crippen LogP contribution in [0.2, 0.25) is 0 Å². The van der Waals surface area contributed by atoms with Crippen LogP contribution in [-0.2, 0) is 18.3 Å². The van der Waals surface area contributed by atoms with Crippen LogP contribution in [0, 0.1) is 0 Å². The fraction of sp³-hybridized carbons (Fsp3) is 0.286. The molecular formula is C28H31Cl2N5O2. The Morgan fingerprint density at radius 3 is 2.43 bits per heavy atom. The number of carbonyl (C=O) groups is 2. The molecule has 0 aliphatic carbocycles. The van der Waals surface area contributed by atoms with Crippen molar-refractivity contribution in [2.24, 2.45) is 7.05 Å². The van der Waals surface area contributed by atoms with Crippen molar-refractivity contribution in [3.63, 3.8) is 0 Å². The van der Waals surface area contributed by atoms with Gasteiger partial charge >= 0.3 is 0 Å². The highest BCUT2D eigenvalue weighted by atomic mass is 35.5. The zero-order chi connectivity index (χ0) is 26.2. The summed E-state index contributed by atoms with van der Waals surface area (Å²) in [5, 5.41) is 6.90. The van der Waals surface area contributed by atoms with Crippen LogP contribution in [-0.4, -0.2) is 46.2 Å². The van der Waals surface area contributed by atoms with Crippen molar-refractivity contribution in [1.82, 2.24) is 9.55 Å². The minimum Gasteiger partial charge on any atom is -0.369 e. The third-order valence-corrected chi connectivity index (χ3v) is 6.55. The number of aryl methyl sites for hydroxylation is 2. The molecule has 37 heavy (non-hydrogen) atoms. The number of anilines is 3. The Balaban J connectivity index is 1.26. The van der Waals surface area contributed by atoms with Gasteiger partial charge < -0.3 is 25.1 Å². The minimum atomic E-state index is -0.243. The van der Waals surface area contributed by atoms with Crippen LogP contribution in [0.25, 0.3) is 10.9 Å². The minimum absolute atomic E-state index is 0.0817. The molecular weight excluding hydrogens is 509 g/mol. The summed E-state index contributed by atoms with van der Waals surface area (Å²) in [6, 6.07) is 17.7. The molecule has 194 valence electrons. The molecule has 0 saturated heterocycles. The number of aromatic nitrogens is 2. The molecule has 0 unspecified atom stereocenters. The molecule has 0 radical (unpaired) electrons. The number of benzene rings is 2. The van der Waals surface area contributed by atoms with Gasteiger partial charge in [0, 0.05) is 67.6 Å². The van der Waals surface area contributed by atoms with E-state index < -0.39 is 0 Å². The lowest BCUT2D eigenvalue weighted by Gasteiger charge is -2.23. The van der Waals surface area contributed by atoms with E-state index in [0.717, 1.165) is 42.5 Å². The molecule has 9 heteroatoms. The predicted molar refractivity (Wildman–Crippen MR) is 153 cm³/mol. The monoisotopic (exact) mass is 539 g/mol. The quantitative estimate of drug-likeness (QED) is 0.193. The van der Waals surface area contributed by atoms with Crippen LogP contribution in [0.5, 0.6) is 0 Å². The number of H-pyrrole nitrogens is 1. The van der Waals surface area contributed by atoms with Crippen LogP contribution in [0.15, 0.2) is 67.0 Å². The molecule has 2 aromatic heterocycles. The molecule has 4 rings (SSSR count). The van der Waals surface area contributed by atoms with Crippen molar-refractivity contribution in [2.75, 3.05) is 40.4 Å². The molecule has 4 aromatic rings. The molecule has 0 bridgehead atoms. The van der Waals surface area contributed by atoms with Crippen LogP contribution in [0.3, 0.4) is 0 Å². The van der Waals surface area contributed by atoms with Gasteiger partial charge in [0.25, 0.3) is 5.91 Å². The van der Waals surface area contributed by atoms with E-state index in [-0.39, 0.29) is 11.8 Å². The number of amides is 2. The largest absolute Gasteiger partial charge is 0.369 e. The highest BCUT2D eigenvalue weighted by molar-refractivity contribution is 6.18. The van der Waals surface area contributed by atoms with Gasteiger partial charge in [0.2, 0.25) is 5.91 Å². The predicted octanol–water partition coefficient (Wildman–Crippen LogP) is 6.00.